The number of benzene rings is 2. The van der Waals surface area contributed by atoms with Gasteiger partial charge in [-0.05, 0) is 49.0 Å². The van der Waals surface area contributed by atoms with Gasteiger partial charge in [0.05, 0.1) is 12.2 Å². The number of esters is 1. The van der Waals surface area contributed by atoms with E-state index in [1.54, 1.807) is 24.3 Å². The SMILES string of the molecule is CCOC(=S)SCc1ccc(C(=O)Oc2ccc(F)cc2F)cc1. The molecule has 0 fully saturated rings. The van der Waals surface area contributed by atoms with Gasteiger partial charge in [-0.15, -0.1) is 0 Å². The van der Waals surface area contributed by atoms with E-state index in [1.807, 2.05) is 6.92 Å². The second kappa shape index (κ2) is 8.75. The maximum Gasteiger partial charge on any atom is 0.343 e. The van der Waals surface area contributed by atoms with Crippen molar-refractivity contribution >= 4 is 34.3 Å². The van der Waals surface area contributed by atoms with E-state index < -0.39 is 17.6 Å². The monoisotopic (exact) mass is 368 g/mol. The van der Waals surface area contributed by atoms with E-state index in [-0.39, 0.29) is 11.3 Å². The number of thiocarbonyl (C=S) groups is 1. The van der Waals surface area contributed by atoms with Gasteiger partial charge in [0.25, 0.3) is 0 Å². The van der Waals surface area contributed by atoms with Gasteiger partial charge < -0.3 is 9.47 Å². The van der Waals surface area contributed by atoms with Gasteiger partial charge >= 0.3 is 5.97 Å². The van der Waals surface area contributed by atoms with Crippen LogP contribution in [0.1, 0.15) is 22.8 Å². The number of thioether (sulfide) groups is 1. The van der Waals surface area contributed by atoms with Crippen LogP contribution in [0, 0.1) is 11.6 Å². The Hall–Kier alpha value is -1.99. The first-order valence-electron chi connectivity index (χ1n) is 7.05. The molecular formula is C17H14F2O3S2. The van der Waals surface area contributed by atoms with E-state index in [0.29, 0.717) is 22.8 Å². The molecule has 2 aromatic rings. The van der Waals surface area contributed by atoms with Crippen LogP contribution < -0.4 is 4.74 Å². The second-order valence-corrected chi connectivity index (χ2v) is 6.21. The lowest BCUT2D eigenvalue weighted by atomic mass is 10.1. The van der Waals surface area contributed by atoms with Crippen molar-refractivity contribution in [3.8, 4) is 5.75 Å². The summed E-state index contributed by atoms with van der Waals surface area (Å²) in [5.74, 6) is -2.09. The molecular weight excluding hydrogens is 354 g/mol. The van der Waals surface area contributed by atoms with Gasteiger partial charge in [0.2, 0.25) is 4.38 Å². The maximum atomic E-state index is 13.5. The van der Waals surface area contributed by atoms with Gasteiger partial charge in [0.15, 0.2) is 11.6 Å². The number of rotatable bonds is 5. The average molecular weight is 368 g/mol. The third-order valence-electron chi connectivity index (χ3n) is 2.91. The normalized spacial score (nSPS) is 10.3. The third-order valence-corrected chi connectivity index (χ3v) is 4.21. The minimum Gasteiger partial charge on any atom is -0.479 e. The maximum absolute atomic E-state index is 13.5. The Bertz CT molecular complexity index is 733. The van der Waals surface area contributed by atoms with Gasteiger partial charge in [-0.3, -0.25) is 0 Å². The summed E-state index contributed by atoms with van der Waals surface area (Å²) >= 11 is 6.40. The Balaban J connectivity index is 1.97. The molecule has 24 heavy (non-hydrogen) atoms. The molecule has 0 heterocycles. The summed E-state index contributed by atoms with van der Waals surface area (Å²) in [4.78, 5) is 12.0. The van der Waals surface area contributed by atoms with Crippen LogP contribution in [-0.2, 0) is 10.5 Å². The molecule has 0 saturated heterocycles. The van der Waals surface area contributed by atoms with Crippen molar-refractivity contribution in [3.63, 3.8) is 0 Å². The number of ether oxygens (including phenoxy) is 2. The van der Waals surface area contributed by atoms with Crippen molar-refractivity contribution in [1.82, 2.24) is 0 Å². The molecule has 126 valence electrons. The van der Waals surface area contributed by atoms with Crippen LogP contribution in [0.4, 0.5) is 8.78 Å². The van der Waals surface area contributed by atoms with Crippen molar-refractivity contribution < 1.29 is 23.0 Å². The van der Waals surface area contributed by atoms with Crippen LogP contribution in [-0.4, -0.2) is 17.0 Å². The lowest BCUT2D eigenvalue weighted by molar-refractivity contribution is 0.0727. The van der Waals surface area contributed by atoms with Crippen molar-refractivity contribution in [3.05, 3.63) is 65.2 Å². The number of carbonyl (C=O) groups is 1. The van der Waals surface area contributed by atoms with E-state index >= 15 is 0 Å². The molecule has 0 atom stereocenters. The van der Waals surface area contributed by atoms with Crippen LogP contribution in [0.5, 0.6) is 5.75 Å². The molecule has 2 aromatic carbocycles. The van der Waals surface area contributed by atoms with Gasteiger partial charge in [-0.1, -0.05) is 23.9 Å². The first kappa shape index (κ1) is 18.4. The molecule has 0 N–H and O–H groups in total. The summed E-state index contributed by atoms with van der Waals surface area (Å²) in [6.45, 7) is 2.38. The van der Waals surface area contributed by atoms with Crippen molar-refractivity contribution in [1.29, 1.82) is 0 Å². The Morgan fingerprint density at radius 1 is 1.17 bits per heavy atom. The zero-order valence-electron chi connectivity index (χ0n) is 12.8. The molecule has 2 rings (SSSR count). The van der Waals surface area contributed by atoms with Crippen LogP contribution in [0.15, 0.2) is 42.5 Å². The lowest BCUT2D eigenvalue weighted by Crippen LogP contribution is -2.09. The highest BCUT2D eigenvalue weighted by molar-refractivity contribution is 8.22. The number of carbonyl (C=O) groups excluding carboxylic acids is 1. The number of hydrogen-bond donors (Lipinski definition) is 0. The first-order chi connectivity index (χ1) is 11.5. The van der Waals surface area contributed by atoms with Crippen LogP contribution in [0.25, 0.3) is 0 Å². The van der Waals surface area contributed by atoms with Crippen LogP contribution >= 0.6 is 24.0 Å². The predicted molar refractivity (Wildman–Crippen MR) is 93.3 cm³/mol. The Labute approximate surface area is 148 Å². The minimum atomic E-state index is -0.930. The van der Waals surface area contributed by atoms with Crippen LogP contribution in [0.2, 0.25) is 0 Å². The van der Waals surface area contributed by atoms with E-state index in [4.69, 9.17) is 21.7 Å². The molecule has 0 aliphatic heterocycles. The minimum absolute atomic E-state index is 0.264. The molecule has 0 aliphatic rings. The van der Waals surface area contributed by atoms with Gasteiger partial charge in [-0.25, -0.2) is 13.6 Å². The van der Waals surface area contributed by atoms with E-state index in [1.165, 1.54) is 11.8 Å². The van der Waals surface area contributed by atoms with E-state index in [0.717, 1.165) is 17.7 Å². The Kier molecular flexibility index (Phi) is 6.69. The van der Waals surface area contributed by atoms with Gasteiger partial charge in [-0.2, -0.15) is 0 Å². The van der Waals surface area contributed by atoms with Gasteiger partial charge in [0, 0.05) is 11.8 Å². The number of hydrogen-bond acceptors (Lipinski definition) is 5. The first-order valence-corrected chi connectivity index (χ1v) is 8.44. The molecule has 0 unspecified atom stereocenters. The lowest BCUT2D eigenvalue weighted by Gasteiger charge is -2.07. The Morgan fingerprint density at radius 3 is 2.50 bits per heavy atom. The van der Waals surface area contributed by atoms with Crippen molar-refractivity contribution in [2.75, 3.05) is 6.61 Å². The Morgan fingerprint density at radius 2 is 1.88 bits per heavy atom. The van der Waals surface area contributed by atoms with Gasteiger partial charge in [0.1, 0.15) is 5.82 Å². The fourth-order valence-electron chi connectivity index (χ4n) is 1.76. The van der Waals surface area contributed by atoms with Crippen molar-refractivity contribution in [2.45, 2.75) is 12.7 Å². The fraction of sp³-hybridized carbons (Fsp3) is 0.176. The standard InChI is InChI=1S/C17H14F2O3S2/c1-2-21-17(23)24-10-11-3-5-12(6-4-11)16(20)22-15-8-7-13(18)9-14(15)19/h3-9H,2,10H2,1H3. The largest absolute Gasteiger partial charge is 0.479 e. The topological polar surface area (TPSA) is 35.5 Å². The highest BCUT2D eigenvalue weighted by atomic mass is 32.2. The summed E-state index contributed by atoms with van der Waals surface area (Å²) in [5.41, 5.74) is 1.21. The van der Waals surface area contributed by atoms with E-state index in [9.17, 15) is 13.6 Å². The number of halogens is 2. The smallest absolute Gasteiger partial charge is 0.343 e. The summed E-state index contributed by atoms with van der Waals surface area (Å²) in [7, 11) is 0. The third kappa shape index (κ3) is 5.28. The molecule has 0 aliphatic carbocycles. The molecule has 0 saturated carbocycles. The molecule has 0 bridgehead atoms. The zero-order valence-corrected chi connectivity index (χ0v) is 14.4. The highest BCUT2D eigenvalue weighted by Crippen LogP contribution is 2.20. The summed E-state index contributed by atoms with van der Waals surface area (Å²) in [6.07, 6.45) is 0. The predicted octanol–water partition coefficient (Wildman–Crippen LogP) is 4.74. The molecule has 0 aromatic heterocycles. The van der Waals surface area contributed by atoms with Crippen LogP contribution in [0.3, 0.4) is 0 Å². The van der Waals surface area contributed by atoms with E-state index in [2.05, 4.69) is 0 Å². The zero-order chi connectivity index (χ0) is 17.5. The summed E-state index contributed by atoms with van der Waals surface area (Å²) < 4.78 is 36.9. The molecule has 7 heteroatoms. The second-order valence-electron chi connectivity index (χ2n) is 4.63. The molecule has 3 nitrogen and oxygen atoms in total. The quantitative estimate of drug-likeness (QED) is 0.433. The van der Waals surface area contributed by atoms with Crippen molar-refractivity contribution in [2.24, 2.45) is 0 Å². The molecule has 0 amide bonds. The average Bonchev–Trinajstić information content (AvgIpc) is 2.56. The summed E-state index contributed by atoms with van der Waals surface area (Å²) in [6, 6.07) is 9.39. The molecule has 0 spiro atoms. The highest BCUT2D eigenvalue weighted by Gasteiger charge is 2.12. The summed E-state index contributed by atoms with van der Waals surface area (Å²) in [5, 5.41) is 0. The molecule has 0 radical (unpaired) electrons. The fourth-order valence-corrected chi connectivity index (χ4v) is 2.73.